The molecular formula is C21H23ClN6O2. The van der Waals surface area contributed by atoms with Gasteiger partial charge in [0, 0.05) is 30.1 Å². The summed E-state index contributed by atoms with van der Waals surface area (Å²) in [6.45, 7) is 5.48. The Morgan fingerprint density at radius 2 is 2.10 bits per heavy atom. The Kier molecular flexibility index (Phi) is 5.94. The largest absolute Gasteiger partial charge is 0.446 e. The molecule has 0 N–H and O–H groups in total. The van der Waals surface area contributed by atoms with Crippen molar-refractivity contribution in [3.8, 4) is 0 Å². The Morgan fingerprint density at radius 3 is 2.77 bits per heavy atom. The van der Waals surface area contributed by atoms with E-state index in [1.54, 1.807) is 25.3 Å². The number of benzene rings is 1. The van der Waals surface area contributed by atoms with Gasteiger partial charge in [-0.15, -0.1) is 10.2 Å². The molecule has 4 rings (SSSR count). The van der Waals surface area contributed by atoms with Gasteiger partial charge in [-0.05, 0) is 61.2 Å². The Morgan fingerprint density at radius 1 is 1.30 bits per heavy atom. The lowest BCUT2D eigenvalue weighted by molar-refractivity contribution is -0.127. The number of amides is 1. The summed E-state index contributed by atoms with van der Waals surface area (Å²) in [5, 5.41) is 12.7. The van der Waals surface area contributed by atoms with Gasteiger partial charge in [-0.25, -0.2) is 4.98 Å². The first-order chi connectivity index (χ1) is 14.5. The molecule has 0 atom stereocenters. The number of tetrazole rings is 1. The van der Waals surface area contributed by atoms with Gasteiger partial charge in [-0.3, -0.25) is 4.79 Å². The summed E-state index contributed by atoms with van der Waals surface area (Å²) in [5.74, 6) is 2.47. The van der Waals surface area contributed by atoms with Gasteiger partial charge in [0.05, 0.1) is 12.7 Å². The Bertz CT molecular complexity index is 1070. The smallest absolute Gasteiger partial charge is 0.246 e. The lowest BCUT2D eigenvalue weighted by atomic mass is 9.96. The number of hydrogen-bond acceptors (Lipinski definition) is 6. The molecule has 1 saturated heterocycles. The fraction of sp³-hybridized carbons (Fsp3) is 0.381. The molecule has 156 valence electrons. The Balaban J connectivity index is 1.40. The fourth-order valence-corrected chi connectivity index (χ4v) is 3.79. The van der Waals surface area contributed by atoms with Gasteiger partial charge in [-0.1, -0.05) is 17.7 Å². The van der Waals surface area contributed by atoms with Crippen LogP contribution in [0.1, 0.15) is 47.4 Å². The van der Waals surface area contributed by atoms with Gasteiger partial charge in [0.15, 0.2) is 11.7 Å². The number of carbonyl (C=O) groups is 1. The molecule has 30 heavy (non-hydrogen) atoms. The lowest BCUT2D eigenvalue weighted by Gasteiger charge is -2.29. The second kappa shape index (κ2) is 8.79. The van der Waals surface area contributed by atoms with E-state index >= 15 is 0 Å². The molecule has 9 heteroatoms. The molecule has 8 nitrogen and oxygen atoms in total. The van der Waals surface area contributed by atoms with Crippen molar-refractivity contribution in [2.45, 2.75) is 39.2 Å². The molecule has 0 radical (unpaired) electrons. The van der Waals surface area contributed by atoms with Crippen molar-refractivity contribution in [1.29, 1.82) is 0 Å². The molecule has 1 aliphatic rings. The molecule has 3 heterocycles. The van der Waals surface area contributed by atoms with Crippen LogP contribution in [0.5, 0.6) is 0 Å². The molecule has 1 amide bonds. The van der Waals surface area contributed by atoms with E-state index in [0.717, 1.165) is 35.6 Å². The first kappa shape index (κ1) is 20.3. The number of carbonyl (C=O) groups excluding carboxylic acids is 1. The first-order valence-electron chi connectivity index (χ1n) is 9.90. The first-order valence-corrected chi connectivity index (χ1v) is 10.3. The summed E-state index contributed by atoms with van der Waals surface area (Å²) >= 11 is 6.16. The number of nitrogens with zero attached hydrogens (tertiary/aromatic N) is 6. The molecule has 0 bridgehead atoms. The average molecular weight is 427 g/mol. The van der Waals surface area contributed by atoms with E-state index in [0.29, 0.717) is 30.5 Å². The highest BCUT2D eigenvalue weighted by atomic mass is 35.5. The maximum absolute atomic E-state index is 12.7. The molecule has 1 aromatic carbocycles. The maximum atomic E-state index is 12.7. The highest BCUT2D eigenvalue weighted by Crippen LogP contribution is 2.27. The highest BCUT2D eigenvalue weighted by molar-refractivity contribution is 6.30. The second-order valence-electron chi connectivity index (χ2n) is 7.45. The standard InChI is InChI=1S/C21H23ClN6O2/c1-14-12-23-21(30-14)17-7-9-27(10-8-17)20(29)6-4-16-3-5-19(22)11-18(16)13-28-25-15(2)24-26-28/h3-6,11-12,17H,7-10,13H2,1-2H3/b6-4+. The van der Waals surface area contributed by atoms with Crippen LogP contribution >= 0.6 is 11.6 Å². The van der Waals surface area contributed by atoms with E-state index in [9.17, 15) is 4.79 Å². The van der Waals surface area contributed by atoms with E-state index in [4.69, 9.17) is 16.0 Å². The van der Waals surface area contributed by atoms with Crippen molar-refractivity contribution in [3.05, 3.63) is 64.1 Å². The number of piperidine rings is 1. The summed E-state index contributed by atoms with van der Waals surface area (Å²) < 4.78 is 5.64. The molecule has 1 fully saturated rings. The minimum absolute atomic E-state index is 0.00680. The van der Waals surface area contributed by atoms with Crippen LogP contribution in [-0.4, -0.2) is 49.1 Å². The molecule has 2 aromatic heterocycles. The number of likely N-dealkylation sites (tertiary alicyclic amines) is 1. The maximum Gasteiger partial charge on any atom is 0.246 e. The normalized spacial score (nSPS) is 15.2. The van der Waals surface area contributed by atoms with Gasteiger partial charge < -0.3 is 9.32 Å². The molecule has 0 unspecified atom stereocenters. The van der Waals surface area contributed by atoms with Crippen LogP contribution < -0.4 is 0 Å². The number of rotatable bonds is 5. The Labute approximate surface area is 179 Å². The predicted octanol–water partition coefficient (Wildman–Crippen LogP) is 3.40. The van der Waals surface area contributed by atoms with Gasteiger partial charge in [0.1, 0.15) is 5.76 Å². The van der Waals surface area contributed by atoms with Crippen molar-refractivity contribution in [2.24, 2.45) is 0 Å². The topological polar surface area (TPSA) is 89.9 Å². The van der Waals surface area contributed by atoms with E-state index in [2.05, 4.69) is 20.4 Å². The minimum atomic E-state index is -0.00680. The zero-order valence-electron chi connectivity index (χ0n) is 17.0. The van der Waals surface area contributed by atoms with Crippen LogP contribution in [0.15, 0.2) is 34.9 Å². The third-order valence-corrected chi connectivity index (χ3v) is 5.41. The van der Waals surface area contributed by atoms with E-state index in [1.807, 2.05) is 30.0 Å². The van der Waals surface area contributed by atoms with Gasteiger partial charge in [0.25, 0.3) is 0 Å². The van der Waals surface area contributed by atoms with Crippen LogP contribution in [0.3, 0.4) is 0 Å². The zero-order chi connectivity index (χ0) is 21.1. The summed E-state index contributed by atoms with van der Waals surface area (Å²) in [6, 6.07) is 5.55. The van der Waals surface area contributed by atoms with Crippen LogP contribution in [-0.2, 0) is 11.3 Å². The molecule has 3 aromatic rings. The summed E-state index contributed by atoms with van der Waals surface area (Å²) in [5.41, 5.74) is 1.81. The van der Waals surface area contributed by atoms with Gasteiger partial charge in [-0.2, -0.15) is 4.80 Å². The predicted molar refractivity (Wildman–Crippen MR) is 112 cm³/mol. The third-order valence-electron chi connectivity index (χ3n) is 5.17. The van der Waals surface area contributed by atoms with Crippen molar-refractivity contribution in [2.75, 3.05) is 13.1 Å². The van der Waals surface area contributed by atoms with Crippen LogP contribution in [0.4, 0.5) is 0 Å². The van der Waals surface area contributed by atoms with Crippen LogP contribution in [0.25, 0.3) is 6.08 Å². The molecule has 0 saturated carbocycles. The quantitative estimate of drug-likeness (QED) is 0.581. The van der Waals surface area contributed by atoms with Crippen molar-refractivity contribution in [1.82, 2.24) is 30.1 Å². The number of hydrogen-bond donors (Lipinski definition) is 0. The number of aryl methyl sites for hydroxylation is 2. The van der Waals surface area contributed by atoms with Crippen molar-refractivity contribution >= 4 is 23.6 Å². The van der Waals surface area contributed by atoms with Crippen LogP contribution in [0, 0.1) is 13.8 Å². The van der Waals surface area contributed by atoms with E-state index in [1.165, 1.54) is 4.80 Å². The summed E-state index contributed by atoms with van der Waals surface area (Å²) in [7, 11) is 0. The summed E-state index contributed by atoms with van der Waals surface area (Å²) in [4.78, 5) is 20.4. The number of oxazole rings is 1. The van der Waals surface area contributed by atoms with Gasteiger partial charge >= 0.3 is 0 Å². The van der Waals surface area contributed by atoms with Crippen molar-refractivity contribution in [3.63, 3.8) is 0 Å². The lowest BCUT2D eigenvalue weighted by Crippen LogP contribution is -2.36. The third kappa shape index (κ3) is 4.76. The minimum Gasteiger partial charge on any atom is -0.446 e. The fourth-order valence-electron chi connectivity index (χ4n) is 3.59. The number of aromatic nitrogens is 5. The monoisotopic (exact) mass is 426 g/mol. The molecule has 0 aliphatic carbocycles. The second-order valence-corrected chi connectivity index (χ2v) is 7.89. The molecule has 1 aliphatic heterocycles. The highest BCUT2D eigenvalue weighted by Gasteiger charge is 2.25. The van der Waals surface area contributed by atoms with Gasteiger partial charge in [0.2, 0.25) is 5.91 Å². The summed E-state index contributed by atoms with van der Waals surface area (Å²) in [6.07, 6.45) is 6.88. The Hall–Kier alpha value is -3.00. The SMILES string of the molecule is Cc1nnn(Cc2cc(Cl)ccc2/C=C/C(=O)N2CCC(c3ncc(C)o3)CC2)n1. The molecule has 0 spiro atoms. The van der Waals surface area contributed by atoms with E-state index < -0.39 is 0 Å². The zero-order valence-corrected chi connectivity index (χ0v) is 17.7. The number of halogens is 1. The van der Waals surface area contributed by atoms with Crippen molar-refractivity contribution < 1.29 is 9.21 Å². The average Bonchev–Trinajstić information content (AvgIpc) is 3.35. The molecular weight excluding hydrogens is 404 g/mol. The van der Waals surface area contributed by atoms with Crippen LogP contribution in [0.2, 0.25) is 5.02 Å². The van der Waals surface area contributed by atoms with E-state index in [-0.39, 0.29) is 11.8 Å².